The molecule has 0 saturated carbocycles. The molecule has 0 bridgehead atoms. The molecule has 0 aliphatic rings. The molecule has 0 heterocycles. The summed E-state index contributed by atoms with van der Waals surface area (Å²) in [6.07, 6.45) is -4.26. The summed E-state index contributed by atoms with van der Waals surface area (Å²) in [5, 5.41) is 8.73. The van der Waals surface area contributed by atoms with Crippen LogP contribution in [0.2, 0.25) is 0 Å². The number of hydrogen-bond donors (Lipinski definition) is 2. The van der Waals surface area contributed by atoms with Crippen molar-refractivity contribution in [1.29, 1.82) is 0 Å². The van der Waals surface area contributed by atoms with Crippen LogP contribution in [0, 0.1) is 0 Å². The fraction of sp³-hybridized carbons (Fsp3) is 0.455. The Labute approximate surface area is 97.6 Å². The first-order chi connectivity index (χ1) is 7.90. The van der Waals surface area contributed by atoms with Crippen LogP contribution in [-0.4, -0.2) is 35.9 Å². The van der Waals surface area contributed by atoms with Gasteiger partial charge in [0.15, 0.2) is 0 Å². The third kappa shape index (κ3) is 5.55. The summed E-state index contributed by atoms with van der Waals surface area (Å²) >= 11 is 0. The Bertz CT molecular complexity index is 338. The largest absolute Gasteiger partial charge is 0.401 e. The number of rotatable bonds is 5. The normalized spacial score (nSPS) is 12.1. The van der Waals surface area contributed by atoms with Crippen LogP contribution in [0.4, 0.5) is 18.9 Å². The maximum Gasteiger partial charge on any atom is 0.401 e. The maximum atomic E-state index is 12.3. The van der Waals surface area contributed by atoms with Gasteiger partial charge in [0.05, 0.1) is 13.2 Å². The van der Waals surface area contributed by atoms with Crippen LogP contribution in [0.3, 0.4) is 0 Å². The van der Waals surface area contributed by atoms with Crippen molar-refractivity contribution in [2.45, 2.75) is 12.7 Å². The first-order valence-corrected chi connectivity index (χ1v) is 5.15. The van der Waals surface area contributed by atoms with Gasteiger partial charge in [-0.05, 0) is 17.7 Å². The molecule has 0 aliphatic heterocycles. The highest BCUT2D eigenvalue weighted by Crippen LogP contribution is 2.18. The number of benzene rings is 1. The lowest BCUT2D eigenvalue weighted by atomic mass is 10.2. The Morgan fingerprint density at radius 2 is 1.76 bits per heavy atom. The van der Waals surface area contributed by atoms with E-state index < -0.39 is 12.7 Å². The minimum atomic E-state index is -4.26. The molecule has 0 aromatic heterocycles. The van der Waals surface area contributed by atoms with Crippen molar-refractivity contribution in [3.63, 3.8) is 0 Å². The second-order valence-corrected chi connectivity index (χ2v) is 3.79. The molecular formula is C11H15F3N2O. The lowest BCUT2D eigenvalue weighted by molar-refractivity contribution is -0.147. The van der Waals surface area contributed by atoms with Gasteiger partial charge in [-0.2, -0.15) is 13.2 Å². The molecule has 0 radical (unpaired) electrons. The fourth-order valence-corrected chi connectivity index (χ4v) is 1.49. The number of aliphatic hydroxyl groups is 1. The molecule has 0 unspecified atom stereocenters. The summed E-state index contributed by atoms with van der Waals surface area (Å²) in [5.41, 5.74) is 6.79. The molecule has 1 rings (SSSR count). The first kappa shape index (κ1) is 13.8. The predicted octanol–water partition coefficient (Wildman–Crippen LogP) is 1.63. The van der Waals surface area contributed by atoms with Crippen molar-refractivity contribution in [2.75, 3.05) is 25.4 Å². The summed E-state index contributed by atoms with van der Waals surface area (Å²) in [4.78, 5) is 1.14. The Morgan fingerprint density at radius 1 is 1.18 bits per heavy atom. The lowest BCUT2D eigenvalue weighted by Crippen LogP contribution is -2.35. The van der Waals surface area contributed by atoms with Crippen molar-refractivity contribution >= 4 is 5.69 Å². The van der Waals surface area contributed by atoms with Crippen molar-refractivity contribution < 1.29 is 18.3 Å². The summed E-state index contributed by atoms with van der Waals surface area (Å²) in [6.45, 7) is -1.20. The predicted molar refractivity (Wildman–Crippen MR) is 59.3 cm³/mol. The van der Waals surface area contributed by atoms with Gasteiger partial charge < -0.3 is 10.8 Å². The van der Waals surface area contributed by atoms with E-state index in [1.54, 1.807) is 24.3 Å². The molecule has 3 nitrogen and oxygen atoms in total. The minimum Gasteiger partial charge on any atom is -0.399 e. The summed E-state index contributed by atoms with van der Waals surface area (Å²) in [7, 11) is 0. The van der Waals surface area contributed by atoms with Crippen LogP contribution in [0.15, 0.2) is 24.3 Å². The van der Waals surface area contributed by atoms with Crippen molar-refractivity contribution in [3.8, 4) is 0 Å². The number of nitrogens with two attached hydrogens (primary N) is 1. The Balaban J connectivity index is 2.63. The van der Waals surface area contributed by atoms with Crippen LogP contribution < -0.4 is 5.73 Å². The summed E-state index contributed by atoms with van der Waals surface area (Å²) in [6, 6.07) is 6.63. The van der Waals surface area contributed by atoms with Gasteiger partial charge in [0.2, 0.25) is 0 Å². The number of anilines is 1. The van der Waals surface area contributed by atoms with Crippen molar-refractivity contribution in [1.82, 2.24) is 4.90 Å². The second-order valence-electron chi connectivity index (χ2n) is 3.79. The smallest absolute Gasteiger partial charge is 0.399 e. The molecule has 3 N–H and O–H groups in total. The molecule has 0 spiro atoms. The van der Waals surface area contributed by atoms with Gasteiger partial charge in [-0.3, -0.25) is 4.90 Å². The maximum absolute atomic E-state index is 12.3. The van der Waals surface area contributed by atoms with Crippen LogP contribution in [0.1, 0.15) is 5.56 Å². The third-order valence-electron chi connectivity index (χ3n) is 2.21. The Kier molecular flexibility index (Phi) is 4.77. The summed E-state index contributed by atoms with van der Waals surface area (Å²) in [5.74, 6) is 0. The first-order valence-electron chi connectivity index (χ1n) is 5.15. The molecule has 17 heavy (non-hydrogen) atoms. The quantitative estimate of drug-likeness (QED) is 0.779. The molecule has 96 valence electrons. The zero-order chi connectivity index (χ0) is 12.9. The number of alkyl halides is 3. The van der Waals surface area contributed by atoms with E-state index in [0.717, 1.165) is 10.5 Å². The minimum absolute atomic E-state index is 0.0100. The number of halogens is 3. The number of aliphatic hydroxyl groups excluding tert-OH is 1. The van der Waals surface area contributed by atoms with Crippen LogP contribution in [-0.2, 0) is 6.54 Å². The molecule has 0 amide bonds. The molecule has 0 atom stereocenters. The molecule has 6 heteroatoms. The highest BCUT2D eigenvalue weighted by Gasteiger charge is 2.30. The van der Waals surface area contributed by atoms with Gasteiger partial charge in [0.25, 0.3) is 0 Å². The van der Waals surface area contributed by atoms with E-state index in [1.807, 2.05) is 0 Å². The molecule has 0 aliphatic carbocycles. The van der Waals surface area contributed by atoms with E-state index in [2.05, 4.69) is 0 Å². The van der Waals surface area contributed by atoms with Crippen molar-refractivity contribution in [2.24, 2.45) is 0 Å². The number of nitrogens with zero attached hydrogens (tertiary/aromatic N) is 1. The SMILES string of the molecule is Nc1ccc(CN(CCO)CC(F)(F)F)cc1. The van der Waals surface area contributed by atoms with Gasteiger partial charge >= 0.3 is 6.18 Å². The van der Waals surface area contributed by atoms with Crippen molar-refractivity contribution in [3.05, 3.63) is 29.8 Å². The third-order valence-corrected chi connectivity index (χ3v) is 2.21. The van der Waals surface area contributed by atoms with Gasteiger partial charge in [-0.1, -0.05) is 12.1 Å². The van der Waals surface area contributed by atoms with Gasteiger partial charge in [0, 0.05) is 18.8 Å². The second kappa shape index (κ2) is 5.88. The molecule has 1 aromatic carbocycles. The highest BCUT2D eigenvalue weighted by atomic mass is 19.4. The lowest BCUT2D eigenvalue weighted by Gasteiger charge is -2.22. The zero-order valence-corrected chi connectivity index (χ0v) is 9.24. The van der Waals surface area contributed by atoms with E-state index >= 15 is 0 Å². The van der Waals surface area contributed by atoms with E-state index in [4.69, 9.17) is 10.8 Å². The highest BCUT2D eigenvalue weighted by molar-refractivity contribution is 5.39. The van der Waals surface area contributed by atoms with Gasteiger partial charge in [-0.25, -0.2) is 0 Å². The molecule has 0 saturated heterocycles. The van der Waals surface area contributed by atoms with E-state index in [9.17, 15) is 13.2 Å². The molecular weight excluding hydrogens is 233 g/mol. The van der Waals surface area contributed by atoms with E-state index in [1.165, 1.54) is 0 Å². The molecule has 0 fully saturated rings. The number of nitrogen functional groups attached to an aromatic ring is 1. The Morgan fingerprint density at radius 3 is 2.24 bits per heavy atom. The number of hydrogen-bond acceptors (Lipinski definition) is 3. The standard InChI is InChI=1S/C11H15F3N2O/c12-11(13,14)8-16(5-6-17)7-9-1-3-10(15)4-2-9/h1-4,17H,5-8,15H2. The topological polar surface area (TPSA) is 49.5 Å². The zero-order valence-electron chi connectivity index (χ0n) is 9.24. The summed E-state index contributed by atoms with van der Waals surface area (Å²) < 4.78 is 36.8. The average Bonchev–Trinajstić information content (AvgIpc) is 2.19. The van der Waals surface area contributed by atoms with E-state index in [0.29, 0.717) is 5.69 Å². The monoisotopic (exact) mass is 248 g/mol. The molecule has 1 aromatic rings. The van der Waals surface area contributed by atoms with Crippen LogP contribution >= 0.6 is 0 Å². The fourth-order valence-electron chi connectivity index (χ4n) is 1.49. The van der Waals surface area contributed by atoms with Crippen LogP contribution in [0.25, 0.3) is 0 Å². The van der Waals surface area contributed by atoms with Gasteiger partial charge in [0.1, 0.15) is 0 Å². The van der Waals surface area contributed by atoms with E-state index in [-0.39, 0.29) is 19.7 Å². The van der Waals surface area contributed by atoms with Gasteiger partial charge in [-0.15, -0.1) is 0 Å². The Hall–Kier alpha value is -1.27. The average molecular weight is 248 g/mol. The van der Waals surface area contributed by atoms with Crippen LogP contribution in [0.5, 0.6) is 0 Å².